The normalized spacial score (nSPS) is 12.0. The number of anilines is 1. The van der Waals surface area contributed by atoms with E-state index in [1.807, 2.05) is 20.8 Å². The molecule has 0 fully saturated rings. The van der Waals surface area contributed by atoms with Gasteiger partial charge in [0.25, 0.3) is 5.91 Å². The number of rotatable bonds is 7. The molecule has 3 aromatic rings. The summed E-state index contributed by atoms with van der Waals surface area (Å²) >= 11 is 3.49. The standard InChI is InChI=1S/C19H23BrN6O3/c1-11(9-26-13(3)16(20)12(2)23-26)18(27)22-15-10-25(4)24-17(15)19(28)21-8-14-6-5-7-29-14/h5-7,10-11H,8-9H2,1-4H3,(H,21,28)(H,22,27). The van der Waals surface area contributed by atoms with Gasteiger partial charge in [-0.25, -0.2) is 0 Å². The molecule has 0 bridgehead atoms. The molecule has 154 valence electrons. The Morgan fingerprint density at radius 3 is 2.69 bits per heavy atom. The summed E-state index contributed by atoms with van der Waals surface area (Å²) in [7, 11) is 1.69. The average molecular weight is 463 g/mol. The number of carbonyl (C=O) groups excluding carboxylic acids is 2. The Morgan fingerprint density at radius 1 is 1.31 bits per heavy atom. The van der Waals surface area contributed by atoms with E-state index >= 15 is 0 Å². The second-order valence-electron chi connectivity index (χ2n) is 6.88. The molecule has 2 N–H and O–H groups in total. The third-order valence-electron chi connectivity index (χ3n) is 4.49. The molecule has 0 saturated carbocycles. The van der Waals surface area contributed by atoms with Crippen LogP contribution in [0.3, 0.4) is 0 Å². The largest absolute Gasteiger partial charge is 0.467 e. The zero-order chi connectivity index (χ0) is 21.1. The molecular weight excluding hydrogens is 440 g/mol. The first-order valence-electron chi connectivity index (χ1n) is 9.10. The summed E-state index contributed by atoms with van der Waals surface area (Å²) < 4.78 is 9.43. The zero-order valence-electron chi connectivity index (χ0n) is 16.7. The predicted molar refractivity (Wildman–Crippen MR) is 110 cm³/mol. The van der Waals surface area contributed by atoms with E-state index in [1.165, 1.54) is 10.9 Å². The molecule has 0 spiro atoms. The van der Waals surface area contributed by atoms with Crippen molar-refractivity contribution in [2.75, 3.05) is 5.32 Å². The van der Waals surface area contributed by atoms with E-state index in [0.29, 0.717) is 18.0 Å². The van der Waals surface area contributed by atoms with Crippen LogP contribution in [0, 0.1) is 19.8 Å². The number of hydrogen-bond acceptors (Lipinski definition) is 5. The molecule has 3 aromatic heterocycles. The third kappa shape index (κ3) is 4.76. The van der Waals surface area contributed by atoms with Gasteiger partial charge in [-0.15, -0.1) is 0 Å². The molecule has 0 saturated heterocycles. The van der Waals surface area contributed by atoms with Gasteiger partial charge in [-0.1, -0.05) is 6.92 Å². The topological polar surface area (TPSA) is 107 Å². The van der Waals surface area contributed by atoms with E-state index in [4.69, 9.17) is 4.42 Å². The molecule has 9 nitrogen and oxygen atoms in total. The van der Waals surface area contributed by atoms with Crippen LogP contribution in [0.25, 0.3) is 0 Å². The molecule has 0 aromatic carbocycles. The van der Waals surface area contributed by atoms with E-state index in [9.17, 15) is 9.59 Å². The van der Waals surface area contributed by atoms with Crippen molar-refractivity contribution < 1.29 is 14.0 Å². The number of amides is 2. The molecule has 29 heavy (non-hydrogen) atoms. The third-order valence-corrected chi connectivity index (χ3v) is 5.64. The first-order valence-corrected chi connectivity index (χ1v) is 9.90. The van der Waals surface area contributed by atoms with Crippen molar-refractivity contribution >= 4 is 33.4 Å². The number of nitrogens with one attached hydrogen (secondary N) is 2. The van der Waals surface area contributed by atoms with Crippen LogP contribution in [-0.2, 0) is 24.9 Å². The van der Waals surface area contributed by atoms with Crippen molar-refractivity contribution in [3.8, 4) is 0 Å². The van der Waals surface area contributed by atoms with Crippen molar-refractivity contribution in [2.24, 2.45) is 13.0 Å². The highest BCUT2D eigenvalue weighted by molar-refractivity contribution is 9.10. The molecule has 0 aliphatic carbocycles. The van der Waals surface area contributed by atoms with Gasteiger partial charge >= 0.3 is 0 Å². The van der Waals surface area contributed by atoms with Gasteiger partial charge < -0.3 is 15.1 Å². The second-order valence-corrected chi connectivity index (χ2v) is 7.68. The highest BCUT2D eigenvalue weighted by Gasteiger charge is 2.22. The van der Waals surface area contributed by atoms with Gasteiger partial charge in [-0.2, -0.15) is 10.2 Å². The van der Waals surface area contributed by atoms with E-state index in [0.717, 1.165) is 15.9 Å². The number of carbonyl (C=O) groups is 2. The summed E-state index contributed by atoms with van der Waals surface area (Å²) in [6.07, 6.45) is 3.14. The Morgan fingerprint density at radius 2 is 2.07 bits per heavy atom. The minimum atomic E-state index is -0.396. The van der Waals surface area contributed by atoms with Crippen molar-refractivity contribution in [3.05, 3.63) is 51.9 Å². The molecule has 2 amide bonds. The average Bonchev–Trinajstić information content (AvgIpc) is 3.38. The first-order chi connectivity index (χ1) is 13.8. The maximum atomic E-state index is 12.7. The zero-order valence-corrected chi connectivity index (χ0v) is 18.3. The summed E-state index contributed by atoms with van der Waals surface area (Å²) in [4.78, 5) is 25.2. The van der Waals surface area contributed by atoms with Crippen LogP contribution in [0.15, 0.2) is 33.5 Å². The Bertz CT molecular complexity index is 1020. The van der Waals surface area contributed by atoms with Crippen molar-refractivity contribution in [3.63, 3.8) is 0 Å². The lowest BCUT2D eigenvalue weighted by molar-refractivity contribution is -0.119. The minimum Gasteiger partial charge on any atom is -0.467 e. The fraction of sp³-hybridized carbons (Fsp3) is 0.368. The number of aryl methyl sites for hydroxylation is 2. The summed E-state index contributed by atoms with van der Waals surface area (Å²) in [6.45, 7) is 6.31. The smallest absolute Gasteiger partial charge is 0.274 e. The van der Waals surface area contributed by atoms with Crippen LogP contribution in [0.1, 0.15) is 34.6 Å². The minimum absolute atomic E-state index is 0.147. The monoisotopic (exact) mass is 462 g/mol. The van der Waals surface area contributed by atoms with Crippen LogP contribution in [0.5, 0.6) is 0 Å². The van der Waals surface area contributed by atoms with Crippen molar-refractivity contribution in [2.45, 2.75) is 33.9 Å². The number of aromatic nitrogens is 4. The predicted octanol–water partition coefficient (Wildman–Crippen LogP) is 2.79. The molecule has 3 heterocycles. The summed E-state index contributed by atoms with van der Waals surface area (Å²) in [6, 6.07) is 3.51. The maximum absolute atomic E-state index is 12.7. The van der Waals surface area contributed by atoms with Gasteiger partial charge in [-0.05, 0) is 41.9 Å². The lowest BCUT2D eigenvalue weighted by atomic mass is 10.1. The van der Waals surface area contributed by atoms with Gasteiger partial charge in [0.05, 0.1) is 41.1 Å². The second kappa shape index (κ2) is 8.64. The summed E-state index contributed by atoms with van der Waals surface area (Å²) in [5.74, 6) is -0.349. The molecule has 3 rings (SSSR count). The van der Waals surface area contributed by atoms with E-state index in [2.05, 4.69) is 36.8 Å². The van der Waals surface area contributed by atoms with Crippen molar-refractivity contribution in [1.29, 1.82) is 0 Å². The lowest BCUT2D eigenvalue weighted by Crippen LogP contribution is -2.28. The molecule has 1 atom stereocenters. The molecule has 0 aliphatic rings. The van der Waals surface area contributed by atoms with Crippen LogP contribution >= 0.6 is 15.9 Å². The Hall–Kier alpha value is -2.88. The van der Waals surface area contributed by atoms with Gasteiger partial charge in [0.1, 0.15) is 5.76 Å². The van der Waals surface area contributed by atoms with Crippen molar-refractivity contribution in [1.82, 2.24) is 24.9 Å². The SMILES string of the molecule is Cc1nn(CC(C)C(=O)Nc2cn(C)nc2C(=O)NCc2ccco2)c(C)c1Br. The number of nitrogens with zero attached hydrogens (tertiary/aromatic N) is 4. The lowest BCUT2D eigenvalue weighted by Gasteiger charge is -2.13. The van der Waals surface area contributed by atoms with E-state index in [-0.39, 0.29) is 24.1 Å². The molecule has 10 heteroatoms. The summed E-state index contributed by atoms with van der Waals surface area (Å²) in [5, 5.41) is 14.2. The molecular formula is C19H23BrN6O3. The highest BCUT2D eigenvalue weighted by Crippen LogP contribution is 2.21. The van der Waals surface area contributed by atoms with Gasteiger partial charge in [0.2, 0.25) is 5.91 Å². The Balaban J connectivity index is 1.66. The van der Waals surface area contributed by atoms with Crippen LogP contribution < -0.4 is 10.6 Å². The number of hydrogen-bond donors (Lipinski definition) is 2. The fourth-order valence-corrected chi connectivity index (χ4v) is 3.15. The Labute approximate surface area is 176 Å². The maximum Gasteiger partial charge on any atom is 0.274 e. The molecule has 0 radical (unpaired) electrons. The first kappa shape index (κ1) is 20.8. The van der Waals surface area contributed by atoms with Crippen LogP contribution in [0.2, 0.25) is 0 Å². The Kier molecular flexibility index (Phi) is 6.21. The number of halogens is 1. The van der Waals surface area contributed by atoms with E-state index < -0.39 is 5.91 Å². The van der Waals surface area contributed by atoms with Gasteiger partial charge in [0, 0.05) is 18.9 Å². The molecule has 1 unspecified atom stereocenters. The van der Waals surface area contributed by atoms with Crippen LogP contribution in [-0.4, -0.2) is 31.4 Å². The number of furan rings is 1. The van der Waals surface area contributed by atoms with E-state index in [1.54, 1.807) is 30.1 Å². The van der Waals surface area contributed by atoms with Gasteiger partial charge in [-0.3, -0.25) is 19.0 Å². The summed E-state index contributed by atoms with van der Waals surface area (Å²) in [5.41, 5.74) is 2.34. The quantitative estimate of drug-likeness (QED) is 0.561. The van der Waals surface area contributed by atoms with Crippen LogP contribution in [0.4, 0.5) is 5.69 Å². The molecule has 0 aliphatic heterocycles. The fourth-order valence-electron chi connectivity index (χ4n) is 2.86. The highest BCUT2D eigenvalue weighted by atomic mass is 79.9. The van der Waals surface area contributed by atoms with Gasteiger partial charge in [0.15, 0.2) is 5.69 Å².